The number of oxime groups is 1. The minimum Gasteiger partial charge on any atom is -0.457 e. The van der Waals surface area contributed by atoms with Crippen LogP contribution in [0.15, 0.2) is 33.9 Å². The van der Waals surface area contributed by atoms with E-state index in [1.54, 1.807) is 11.1 Å². The molecule has 0 bridgehead atoms. The van der Waals surface area contributed by atoms with Crippen LogP contribution in [-0.2, 0) is 14.3 Å². The van der Waals surface area contributed by atoms with E-state index in [1.165, 1.54) is 12.3 Å². The summed E-state index contributed by atoms with van der Waals surface area (Å²) in [5.41, 5.74) is 0.822. The van der Waals surface area contributed by atoms with Gasteiger partial charge in [0.15, 0.2) is 24.0 Å². The summed E-state index contributed by atoms with van der Waals surface area (Å²) in [6.45, 7) is 4.82. The molecule has 0 spiro atoms. The van der Waals surface area contributed by atoms with Gasteiger partial charge in [0.05, 0.1) is 18.8 Å². The molecular weight excluding hydrogens is 357 g/mol. The number of anilines is 1. The number of nitrogens with zero attached hydrogens (tertiary/aromatic N) is 3. The van der Waals surface area contributed by atoms with Crippen molar-refractivity contribution in [1.82, 2.24) is 4.98 Å². The highest BCUT2D eigenvalue weighted by atomic mass is 79.9. The standard InChI is InChI=1S/C14H15BrFN3O3/c1-14(2)20-7-11(22-14)8-21-18-10-5-19(6-10)13-12(16)3-9(15)4-17-13/h3-4,7H,5-6,8H2,1-2H3. The van der Waals surface area contributed by atoms with Crippen molar-refractivity contribution < 1.29 is 18.7 Å². The maximum atomic E-state index is 13.7. The Morgan fingerprint density at radius 1 is 1.50 bits per heavy atom. The van der Waals surface area contributed by atoms with E-state index >= 15 is 0 Å². The zero-order valence-corrected chi connectivity index (χ0v) is 13.8. The van der Waals surface area contributed by atoms with Crippen LogP contribution in [0.3, 0.4) is 0 Å². The molecule has 2 aliphatic rings. The number of halogens is 2. The number of pyridine rings is 1. The zero-order chi connectivity index (χ0) is 15.7. The second-order valence-electron chi connectivity index (χ2n) is 5.45. The molecule has 0 unspecified atom stereocenters. The van der Waals surface area contributed by atoms with Crippen LogP contribution >= 0.6 is 15.9 Å². The first kappa shape index (κ1) is 15.1. The fraction of sp³-hybridized carbons (Fsp3) is 0.429. The van der Waals surface area contributed by atoms with E-state index in [1.807, 2.05) is 13.8 Å². The minimum atomic E-state index is -0.649. The maximum Gasteiger partial charge on any atom is 0.244 e. The highest BCUT2D eigenvalue weighted by molar-refractivity contribution is 9.10. The van der Waals surface area contributed by atoms with Crippen molar-refractivity contribution in [3.8, 4) is 0 Å². The summed E-state index contributed by atoms with van der Waals surface area (Å²) in [7, 11) is 0. The second-order valence-corrected chi connectivity index (χ2v) is 6.37. The normalized spacial score (nSPS) is 19.0. The van der Waals surface area contributed by atoms with Gasteiger partial charge in [0, 0.05) is 24.5 Å². The van der Waals surface area contributed by atoms with Crippen LogP contribution < -0.4 is 4.90 Å². The molecule has 2 aliphatic heterocycles. The minimum absolute atomic E-state index is 0.206. The van der Waals surface area contributed by atoms with Crippen molar-refractivity contribution in [2.75, 3.05) is 24.6 Å². The topological polar surface area (TPSA) is 56.2 Å². The molecule has 0 atom stereocenters. The Kier molecular flexibility index (Phi) is 3.94. The zero-order valence-electron chi connectivity index (χ0n) is 12.2. The van der Waals surface area contributed by atoms with Gasteiger partial charge in [0.25, 0.3) is 0 Å². The third-order valence-corrected chi connectivity index (χ3v) is 3.52. The van der Waals surface area contributed by atoms with E-state index in [0.29, 0.717) is 29.1 Å². The van der Waals surface area contributed by atoms with Crippen LogP contribution in [0.2, 0.25) is 0 Å². The molecule has 0 saturated carbocycles. The number of ether oxygens (including phenoxy) is 2. The average Bonchev–Trinajstić information content (AvgIpc) is 2.73. The summed E-state index contributed by atoms with van der Waals surface area (Å²) >= 11 is 3.18. The van der Waals surface area contributed by atoms with Crippen molar-refractivity contribution in [2.24, 2.45) is 5.16 Å². The first-order chi connectivity index (χ1) is 10.4. The van der Waals surface area contributed by atoms with Gasteiger partial charge in [-0.1, -0.05) is 5.16 Å². The summed E-state index contributed by atoms with van der Waals surface area (Å²) in [6, 6.07) is 1.39. The average molecular weight is 372 g/mol. The number of hydrogen-bond acceptors (Lipinski definition) is 6. The Morgan fingerprint density at radius 2 is 2.27 bits per heavy atom. The number of hydrogen-bond donors (Lipinski definition) is 0. The summed E-state index contributed by atoms with van der Waals surface area (Å²) in [5.74, 6) is -0.104. The lowest BCUT2D eigenvalue weighted by molar-refractivity contribution is -0.121. The smallest absolute Gasteiger partial charge is 0.244 e. The van der Waals surface area contributed by atoms with Gasteiger partial charge in [0.2, 0.25) is 5.79 Å². The first-order valence-corrected chi connectivity index (χ1v) is 7.52. The van der Waals surface area contributed by atoms with Gasteiger partial charge in [-0.2, -0.15) is 0 Å². The molecule has 0 aliphatic carbocycles. The van der Waals surface area contributed by atoms with E-state index in [9.17, 15) is 4.39 Å². The summed E-state index contributed by atoms with van der Waals surface area (Å²) in [4.78, 5) is 11.1. The molecule has 1 fully saturated rings. The third-order valence-electron chi connectivity index (χ3n) is 3.09. The van der Waals surface area contributed by atoms with Gasteiger partial charge < -0.3 is 19.2 Å². The van der Waals surface area contributed by atoms with Gasteiger partial charge in [0.1, 0.15) is 6.26 Å². The Labute approximate surface area is 135 Å². The van der Waals surface area contributed by atoms with Crippen LogP contribution in [0.1, 0.15) is 13.8 Å². The Balaban J connectivity index is 1.47. The van der Waals surface area contributed by atoms with Gasteiger partial charge >= 0.3 is 0 Å². The summed E-state index contributed by atoms with van der Waals surface area (Å²) in [5, 5.41) is 4.00. The molecule has 8 heteroatoms. The van der Waals surface area contributed by atoms with E-state index in [4.69, 9.17) is 14.3 Å². The van der Waals surface area contributed by atoms with Crippen LogP contribution in [0.4, 0.5) is 10.2 Å². The summed E-state index contributed by atoms with van der Waals surface area (Å²) < 4.78 is 25.1. The summed E-state index contributed by atoms with van der Waals surface area (Å²) in [6.07, 6.45) is 3.09. The lowest BCUT2D eigenvalue weighted by atomic mass is 10.2. The van der Waals surface area contributed by atoms with E-state index in [2.05, 4.69) is 26.1 Å². The fourth-order valence-corrected chi connectivity index (χ4v) is 2.37. The predicted molar refractivity (Wildman–Crippen MR) is 81.8 cm³/mol. The van der Waals surface area contributed by atoms with Gasteiger partial charge in [-0.25, -0.2) is 9.37 Å². The Morgan fingerprint density at radius 3 is 2.91 bits per heavy atom. The molecule has 118 valence electrons. The molecule has 3 heterocycles. The Bertz CT molecular complexity index is 640. The molecule has 0 amide bonds. The molecule has 1 aromatic heterocycles. The monoisotopic (exact) mass is 371 g/mol. The fourth-order valence-electron chi connectivity index (χ4n) is 2.06. The van der Waals surface area contributed by atoms with E-state index in [-0.39, 0.29) is 12.4 Å². The second kappa shape index (κ2) is 5.75. The molecule has 22 heavy (non-hydrogen) atoms. The molecule has 0 aromatic carbocycles. The van der Waals surface area contributed by atoms with E-state index in [0.717, 1.165) is 5.71 Å². The highest BCUT2D eigenvalue weighted by Gasteiger charge is 2.29. The van der Waals surface area contributed by atoms with Gasteiger partial charge in [-0.3, -0.25) is 0 Å². The SMILES string of the molecule is CC1(C)OC=C(CON=C2CN(c3ncc(Br)cc3F)C2)O1. The molecule has 1 aromatic rings. The van der Waals surface area contributed by atoms with Crippen molar-refractivity contribution in [1.29, 1.82) is 0 Å². The quantitative estimate of drug-likeness (QED) is 0.761. The third kappa shape index (κ3) is 3.32. The van der Waals surface area contributed by atoms with Gasteiger partial charge in [-0.15, -0.1) is 0 Å². The molecule has 6 nitrogen and oxygen atoms in total. The first-order valence-electron chi connectivity index (χ1n) is 6.72. The van der Waals surface area contributed by atoms with Crippen molar-refractivity contribution in [3.05, 3.63) is 34.6 Å². The lowest BCUT2D eigenvalue weighted by Crippen LogP contribution is -2.48. The predicted octanol–water partition coefficient (Wildman–Crippen LogP) is 2.80. The van der Waals surface area contributed by atoms with Crippen molar-refractivity contribution in [2.45, 2.75) is 19.6 Å². The van der Waals surface area contributed by atoms with Gasteiger partial charge in [-0.05, 0) is 22.0 Å². The molecule has 3 rings (SSSR count). The van der Waals surface area contributed by atoms with Crippen LogP contribution in [0.25, 0.3) is 0 Å². The largest absolute Gasteiger partial charge is 0.457 e. The Hall–Kier alpha value is -1.83. The number of rotatable bonds is 4. The van der Waals surface area contributed by atoms with Crippen LogP contribution in [0.5, 0.6) is 0 Å². The van der Waals surface area contributed by atoms with Crippen LogP contribution in [0, 0.1) is 5.82 Å². The number of aromatic nitrogens is 1. The molecule has 0 N–H and O–H groups in total. The molecule has 0 radical (unpaired) electrons. The molecular formula is C14H15BrFN3O3. The highest BCUT2D eigenvalue weighted by Crippen LogP contribution is 2.25. The van der Waals surface area contributed by atoms with Crippen molar-refractivity contribution >= 4 is 27.5 Å². The van der Waals surface area contributed by atoms with Crippen molar-refractivity contribution in [3.63, 3.8) is 0 Å². The molecule has 1 saturated heterocycles. The maximum absolute atomic E-state index is 13.7. The lowest BCUT2D eigenvalue weighted by Gasteiger charge is -2.33. The van der Waals surface area contributed by atoms with E-state index < -0.39 is 5.79 Å². The van der Waals surface area contributed by atoms with Crippen LogP contribution in [-0.4, -0.2) is 36.2 Å².